The summed E-state index contributed by atoms with van der Waals surface area (Å²) in [4.78, 5) is 15.9. The Bertz CT molecular complexity index is 1680. The predicted octanol–water partition coefficient (Wildman–Crippen LogP) is 8.41. The number of hydrogen-bond acceptors (Lipinski definition) is 4. The second-order valence-electron chi connectivity index (χ2n) is 9.34. The number of para-hydroxylation sites is 1. The number of pyridine rings is 1. The third-order valence-corrected chi connectivity index (χ3v) is 6.58. The lowest BCUT2D eigenvalue weighted by molar-refractivity contribution is -0.142. The molecule has 0 aliphatic carbocycles. The normalized spacial score (nSPS) is 11.4. The van der Waals surface area contributed by atoms with Gasteiger partial charge in [0, 0.05) is 28.3 Å². The van der Waals surface area contributed by atoms with E-state index in [4.69, 9.17) is 9.47 Å². The van der Waals surface area contributed by atoms with E-state index in [1.54, 1.807) is 43.3 Å². The van der Waals surface area contributed by atoms with Gasteiger partial charge in [-0.3, -0.25) is 9.78 Å². The number of halogens is 4. The molecule has 0 saturated heterocycles. The van der Waals surface area contributed by atoms with Crippen LogP contribution < -0.4 is 4.74 Å². The molecule has 0 aliphatic rings. The third kappa shape index (κ3) is 6.22. The number of alkyl halides is 3. The van der Waals surface area contributed by atoms with Crippen LogP contribution in [0.4, 0.5) is 17.6 Å². The smallest absolute Gasteiger partial charge is 0.418 e. The Kier molecular flexibility index (Phi) is 8.01. The number of hydrogen-bond donors (Lipinski definition) is 0. The Labute approximate surface area is 234 Å². The molecule has 0 aliphatic heterocycles. The summed E-state index contributed by atoms with van der Waals surface area (Å²) >= 11 is 0. The zero-order valence-electron chi connectivity index (χ0n) is 22.0. The number of esters is 1. The van der Waals surface area contributed by atoms with Crippen molar-refractivity contribution in [3.63, 3.8) is 0 Å². The second kappa shape index (κ2) is 11.8. The maximum Gasteiger partial charge on any atom is 0.418 e. The summed E-state index contributed by atoms with van der Waals surface area (Å²) in [7, 11) is 0. The molecule has 0 bridgehead atoms. The summed E-state index contributed by atoms with van der Waals surface area (Å²) in [6.07, 6.45) is -3.11. The van der Waals surface area contributed by atoms with Crippen LogP contribution in [-0.4, -0.2) is 17.6 Å². The fourth-order valence-corrected chi connectivity index (χ4v) is 4.66. The Hall–Kier alpha value is -4.72. The number of carbonyl (C=O) groups excluding carboxylic acids is 1. The SMILES string of the molecule is CCOC(=O)Cc1ccc(COc2ccc(F)c(-c3c(-c4ccccc4)cnc4c(C(F)(F)F)cccc34)c2)cc1. The highest BCUT2D eigenvalue weighted by Gasteiger charge is 2.34. The molecule has 5 rings (SSSR count). The monoisotopic (exact) mass is 559 g/mol. The summed E-state index contributed by atoms with van der Waals surface area (Å²) in [6, 6.07) is 24.2. The van der Waals surface area contributed by atoms with E-state index in [0.29, 0.717) is 29.0 Å². The third-order valence-electron chi connectivity index (χ3n) is 6.58. The quantitative estimate of drug-likeness (QED) is 0.141. The highest BCUT2D eigenvalue weighted by Crippen LogP contribution is 2.42. The van der Waals surface area contributed by atoms with Gasteiger partial charge in [-0.1, -0.05) is 66.7 Å². The zero-order chi connectivity index (χ0) is 29.0. The van der Waals surface area contributed by atoms with Gasteiger partial charge in [0.2, 0.25) is 0 Å². The minimum atomic E-state index is -4.63. The van der Waals surface area contributed by atoms with Crippen LogP contribution in [0.3, 0.4) is 0 Å². The van der Waals surface area contributed by atoms with Crippen molar-refractivity contribution in [1.82, 2.24) is 4.98 Å². The van der Waals surface area contributed by atoms with Gasteiger partial charge in [0.25, 0.3) is 0 Å². The van der Waals surface area contributed by atoms with Crippen LogP contribution in [0.15, 0.2) is 97.2 Å². The number of ether oxygens (including phenoxy) is 2. The van der Waals surface area contributed by atoms with Crippen molar-refractivity contribution in [3.8, 4) is 28.0 Å². The molecular weight excluding hydrogens is 534 g/mol. The van der Waals surface area contributed by atoms with Gasteiger partial charge in [-0.05, 0) is 47.9 Å². The van der Waals surface area contributed by atoms with E-state index in [2.05, 4.69) is 4.98 Å². The average molecular weight is 560 g/mol. The number of nitrogens with zero attached hydrogens (tertiary/aromatic N) is 1. The summed E-state index contributed by atoms with van der Waals surface area (Å²) < 4.78 is 67.9. The van der Waals surface area contributed by atoms with Crippen molar-refractivity contribution >= 4 is 16.9 Å². The molecular formula is C33H25F4NO3. The first-order valence-electron chi connectivity index (χ1n) is 12.9. The molecule has 41 heavy (non-hydrogen) atoms. The number of rotatable bonds is 8. The number of benzene rings is 4. The van der Waals surface area contributed by atoms with Gasteiger partial charge < -0.3 is 9.47 Å². The van der Waals surface area contributed by atoms with E-state index in [-0.39, 0.29) is 35.5 Å². The lowest BCUT2D eigenvalue weighted by atomic mass is 9.91. The lowest BCUT2D eigenvalue weighted by Gasteiger charge is -2.17. The number of fused-ring (bicyclic) bond motifs is 1. The molecule has 4 nitrogen and oxygen atoms in total. The Morgan fingerprint density at radius 2 is 1.59 bits per heavy atom. The summed E-state index contributed by atoms with van der Waals surface area (Å²) in [5, 5.41) is 0.175. The van der Waals surface area contributed by atoms with Crippen LogP contribution in [-0.2, 0) is 28.7 Å². The van der Waals surface area contributed by atoms with Crippen molar-refractivity contribution in [2.75, 3.05) is 6.61 Å². The van der Waals surface area contributed by atoms with Gasteiger partial charge in [-0.25, -0.2) is 4.39 Å². The average Bonchev–Trinajstić information content (AvgIpc) is 2.97. The summed E-state index contributed by atoms with van der Waals surface area (Å²) in [6.45, 7) is 2.22. The van der Waals surface area contributed by atoms with Crippen LogP contribution in [0.2, 0.25) is 0 Å². The van der Waals surface area contributed by atoms with E-state index in [1.165, 1.54) is 36.5 Å². The molecule has 5 aromatic rings. The number of carbonyl (C=O) groups is 1. The van der Waals surface area contributed by atoms with Crippen molar-refractivity contribution in [2.24, 2.45) is 0 Å². The van der Waals surface area contributed by atoms with Gasteiger partial charge in [0.05, 0.1) is 24.1 Å². The largest absolute Gasteiger partial charge is 0.489 e. The van der Waals surface area contributed by atoms with Crippen molar-refractivity contribution in [2.45, 2.75) is 26.1 Å². The molecule has 0 radical (unpaired) electrons. The van der Waals surface area contributed by atoms with Gasteiger partial charge in [0.15, 0.2) is 0 Å². The van der Waals surface area contributed by atoms with Gasteiger partial charge in [0.1, 0.15) is 18.2 Å². The highest BCUT2D eigenvalue weighted by atomic mass is 19.4. The summed E-state index contributed by atoms with van der Waals surface area (Å²) in [5.74, 6) is -0.577. The molecule has 4 aromatic carbocycles. The van der Waals surface area contributed by atoms with Crippen LogP contribution in [0, 0.1) is 5.82 Å². The zero-order valence-corrected chi connectivity index (χ0v) is 22.0. The first-order chi connectivity index (χ1) is 19.7. The Balaban J connectivity index is 1.52. The van der Waals surface area contributed by atoms with Gasteiger partial charge >= 0.3 is 12.1 Å². The molecule has 0 atom stereocenters. The van der Waals surface area contributed by atoms with Crippen LogP contribution in [0.1, 0.15) is 23.6 Å². The Morgan fingerprint density at radius 3 is 2.29 bits per heavy atom. The molecule has 208 valence electrons. The fraction of sp³-hybridized carbons (Fsp3) is 0.152. The van der Waals surface area contributed by atoms with Crippen molar-refractivity contribution in [1.29, 1.82) is 0 Å². The predicted molar refractivity (Wildman–Crippen MR) is 149 cm³/mol. The van der Waals surface area contributed by atoms with Gasteiger partial charge in [-0.15, -0.1) is 0 Å². The first kappa shape index (κ1) is 27.8. The van der Waals surface area contributed by atoms with E-state index in [1.807, 2.05) is 18.2 Å². The van der Waals surface area contributed by atoms with Crippen LogP contribution in [0.5, 0.6) is 5.75 Å². The van der Waals surface area contributed by atoms with Crippen LogP contribution in [0.25, 0.3) is 33.2 Å². The second-order valence-corrected chi connectivity index (χ2v) is 9.34. The first-order valence-corrected chi connectivity index (χ1v) is 12.9. The maximum atomic E-state index is 15.4. The van der Waals surface area contributed by atoms with Gasteiger partial charge in [-0.2, -0.15) is 13.2 Å². The molecule has 0 spiro atoms. The van der Waals surface area contributed by atoms with E-state index >= 15 is 4.39 Å². The van der Waals surface area contributed by atoms with Crippen LogP contribution >= 0.6 is 0 Å². The Morgan fingerprint density at radius 1 is 0.854 bits per heavy atom. The molecule has 0 amide bonds. The minimum absolute atomic E-state index is 0.0952. The molecule has 0 unspecified atom stereocenters. The summed E-state index contributed by atoms with van der Waals surface area (Å²) in [5.41, 5.74) is 2.02. The maximum absolute atomic E-state index is 15.4. The van der Waals surface area contributed by atoms with Crippen molar-refractivity contribution in [3.05, 3.63) is 120 Å². The standard InChI is InChI=1S/C33H25F4NO3/c1-2-40-30(39)17-21-11-13-22(14-12-21)20-41-24-15-16-29(34)26(18-24)31-25-9-6-10-28(33(35,36)37)32(25)38-19-27(31)23-7-4-3-5-8-23/h3-16,18-19H,2,17,20H2,1H3. The molecule has 0 N–H and O–H groups in total. The number of aromatic nitrogens is 1. The highest BCUT2D eigenvalue weighted by molar-refractivity contribution is 6.03. The van der Waals surface area contributed by atoms with E-state index in [9.17, 15) is 18.0 Å². The molecule has 0 fully saturated rings. The molecule has 8 heteroatoms. The topological polar surface area (TPSA) is 48.4 Å². The lowest BCUT2D eigenvalue weighted by Crippen LogP contribution is -2.07. The molecule has 1 heterocycles. The van der Waals surface area contributed by atoms with E-state index < -0.39 is 17.6 Å². The molecule has 1 aromatic heterocycles. The minimum Gasteiger partial charge on any atom is -0.489 e. The van der Waals surface area contributed by atoms with Crippen molar-refractivity contribution < 1.29 is 31.8 Å². The van der Waals surface area contributed by atoms with E-state index in [0.717, 1.165) is 17.2 Å². The molecule has 0 saturated carbocycles. The fourth-order valence-electron chi connectivity index (χ4n) is 4.66.